The maximum Gasteiger partial charge on any atom is 0.215 e. The molecule has 6 heteroatoms. The van der Waals surface area contributed by atoms with Crippen molar-refractivity contribution >= 4 is 21.4 Å². The molecule has 0 fully saturated rings. The summed E-state index contributed by atoms with van der Waals surface area (Å²) in [5.41, 5.74) is 1.04. The molecule has 4 nitrogen and oxygen atoms in total. The first-order valence-electron chi connectivity index (χ1n) is 5.22. The molecule has 1 aromatic rings. The van der Waals surface area contributed by atoms with Crippen LogP contribution in [0.15, 0.2) is 16.8 Å². The first-order chi connectivity index (χ1) is 7.56. The van der Waals surface area contributed by atoms with Gasteiger partial charge in [0.1, 0.15) is 0 Å². The van der Waals surface area contributed by atoms with Crippen LogP contribution in [0.25, 0.3) is 0 Å². The van der Waals surface area contributed by atoms with Crippen LogP contribution in [-0.4, -0.2) is 38.6 Å². The van der Waals surface area contributed by atoms with E-state index in [1.165, 1.54) is 4.31 Å². The Kier molecular flexibility index (Phi) is 5.40. The fraction of sp³-hybridized carbons (Fsp3) is 0.600. The number of rotatable bonds is 7. The predicted molar refractivity (Wildman–Crippen MR) is 68.1 cm³/mol. The molecule has 0 aliphatic rings. The van der Waals surface area contributed by atoms with Gasteiger partial charge in [-0.1, -0.05) is 6.92 Å². The van der Waals surface area contributed by atoms with Crippen molar-refractivity contribution in [3.8, 4) is 0 Å². The lowest BCUT2D eigenvalue weighted by Crippen LogP contribution is -2.33. The van der Waals surface area contributed by atoms with E-state index in [1.807, 2.05) is 23.8 Å². The summed E-state index contributed by atoms with van der Waals surface area (Å²) in [5.74, 6) is 0.154. The summed E-state index contributed by atoms with van der Waals surface area (Å²) in [6.45, 7) is 3.72. The van der Waals surface area contributed by atoms with Crippen LogP contribution in [0.3, 0.4) is 0 Å². The summed E-state index contributed by atoms with van der Waals surface area (Å²) < 4.78 is 25.1. The highest BCUT2D eigenvalue weighted by Gasteiger charge is 2.17. The second-order valence-electron chi connectivity index (χ2n) is 3.56. The number of hydrogen-bond acceptors (Lipinski definition) is 4. The minimum absolute atomic E-state index is 0.154. The van der Waals surface area contributed by atoms with Crippen molar-refractivity contribution in [2.24, 2.45) is 0 Å². The van der Waals surface area contributed by atoms with Crippen LogP contribution in [0.2, 0.25) is 0 Å². The van der Waals surface area contributed by atoms with Gasteiger partial charge in [-0.3, -0.25) is 0 Å². The van der Waals surface area contributed by atoms with Crippen molar-refractivity contribution in [2.45, 2.75) is 13.5 Å². The van der Waals surface area contributed by atoms with E-state index < -0.39 is 10.0 Å². The zero-order valence-electron chi connectivity index (χ0n) is 9.64. The van der Waals surface area contributed by atoms with E-state index in [9.17, 15) is 8.42 Å². The Labute approximate surface area is 101 Å². The van der Waals surface area contributed by atoms with Gasteiger partial charge in [0.2, 0.25) is 10.0 Å². The fourth-order valence-corrected chi connectivity index (χ4v) is 2.99. The molecule has 0 bridgehead atoms. The topological polar surface area (TPSA) is 49.4 Å². The Balaban J connectivity index is 2.48. The normalized spacial score (nSPS) is 12.2. The summed E-state index contributed by atoms with van der Waals surface area (Å²) in [6, 6.07) is 1.95. The van der Waals surface area contributed by atoms with E-state index in [4.69, 9.17) is 0 Å². The highest BCUT2D eigenvalue weighted by atomic mass is 32.2. The Morgan fingerprint density at radius 3 is 2.81 bits per heavy atom. The van der Waals surface area contributed by atoms with Crippen LogP contribution in [0.1, 0.15) is 12.5 Å². The minimum Gasteiger partial charge on any atom is -0.316 e. The van der Waals surface area contributed by atoms with Crippen LogP contribution in [0.5, 0.6) is 0 Å². The number of hydrogen-bond donors (Lipinski definition) is 1. The van der Waals surface area contributed by atoms with E-state index in [2.05, 4.69) is 5.32 Å². The standard InChI is InChI=1S/C10H18N2O2S2/c1-3-11-5-7-16(13,14)12(2)8-10-4-6-15-9-10/h4,6,9,11H,3,5,7-8H2,1-2H3. The number of sulfonamides is 1. The van der Waals surface area contributed by atoms with Crippen LogP contribution < -0.4 is 5.32 Å². The Morgan fingerprint density at radius 1 is 1.50 bits per heavy atom. The number of thiophene rings is 1. The summed E-state index contributed by atoms with van der Waals surface area (Å²) in [4.78, 5) is 0. The lowest BCUT2D eigenvalue weighted by molar-refractivity contribution is 0.466. The maximum absolute atomic E-state index is 11.8. The van der Waals surface area contributed by atoms with Crippen molar-refractivity contribution < 1.29 is 8.42 Å². The molecule has 0 unspecified atom stereocenters. The minimum atomic E-state index is -3.13. The molecule has 0 spiro atoms. The van der Waals surface area contributed by atoms with Crippen molar-refractivity contribution in [1.29, 1.82) is 0 Å². The SMILES string of the molecule is CCNCCS(=O)(=O)N(C)Cc1ccsc1. The lowest BCUT2D eigenvalue weighted by Gasteiger charge is -2.16. The zero-order valence-corrected chi connectivity index (χ0v) is 11.3. The van der Waals surface area contributed by atoms with Gasteiger partial charge in [-0.25, -0.2) is 12.7 Å². The molecule has 0 aliphatic heterocycles. The molecular weight excluding hydrogens is 244 g/mol. The highest BCUT2D eigenvalue weighted by molar-refractivity contribution is 7.89. The third-order valence-corrected chi connectivity index (χ3v) is 4.78. The van der Waals surface area contributed by atoms with E-state index in [1.54, 1.807) is 18.4 Å². The van der Waals surface area contributed by atoms with Crippen molar-refractivity contribution in [3.63, 3.8) is 0 Å². The Bertz CT molecular complexity index is 387. The van der Waals surface area contributed by atoms with E-state index in [-0.39, 0.29) is 5.75 Å². The summed E-state index contributed by atoms with van der Waals surface area (Å²) in [5, 5.41) is 6.94. The molecule has 0 aliphatic carbocycles. The molecule has 16 heavy (non-hydrogen) atoms. The van der Waals surface area contributed by atoms with Gasteiger partial charge in [-0.15, -0.1) is 0 Å². The van der Waals surface area contributed by atoms with Crippen LogP contribution in [-0.2, 0) is 16.6 Å². The molecule has 1 aromatic heterocycles. The fourth-order valence-electron chi connectivity index (χ4n) is 1.27. The smallest absolute Gasteiger partial charge is 0.215 e. The van der Waals surface area contributed by atoms with Crippen LogP contribution >= 0.6 is 11.3 Å². The maximum atomic E-state index is 11.8. The molecule has 0 amide bonds. The molecule has 0 atom stereocenters. The van der Waals surface area contributed by atoms with Gasteiger partial charge in [-0.2, -0.15) is 11.3 Å². The van der Waals surface area contributed by atoms with E-state index in [0.717, 1.165) is 12.1 Å². The summed E-state index contributed by atoms with van der Waals surface area (Å²) in [7, 11) is -1.51. The third-order valence-electron chi connectivity index (χ3n) is 2.25. The molecule has 1 heterocycles. The molecule has 0 saturated heterocycles. The molecule has 0 radical (unpaired) electrons. The molecule has 92 valence electrons. The van der Waals surface area contributed by atoms with Gasteiger partial charge in [0.15, 0.2) is 0 Å². The summed E-state index contributed by atoms with van der Waals surface area (Å²) >= 11 is 1.58. The van der Waals surface area contributed by atoms with Crippen molar-refractivity contribution in [3.05, 3.63) is 22.4 Å². The largest absolute Gasteiger partial charge is 0.316 e. The first kappa shape index (κ1) is 13.6. The number of nitrogens with zero attached hydrogens (tertiary/aromatic N) is 1. The molecule has 1 rings (SSSR count). The van der Waals surface area contributed by atoms with E-state index in [0.29, 0.717) is 13.1 Å². The van der Waals surface area contributed by atoms with Gasteiger partial charge < -0.3 is 5.32 Å². The van der Waals surface area contributed by atoms with Crippen LogP contribution in [0, 0.1) is 0 Å². The molecular formula is C10H18N2O2S2. The monoisotopic (exact) mass is 262 g/mol. The second kappa shape index (κ2) is 6.34. The van der Waals surface area contributed by atoms with E-state index >= 15 is 0 Å². The van der Waals surface area contributed by atoms with Crippen molar-refractivity contribution in [1.82, 2.24) is 9.62 Å². The van der Waals surface area contributed by atoms with Gasteiger partial charge in [-0.05, 0) is 28.9 Å². The summed E-state index contributed by atoms with van der Waals surface area (Å²) in [6.07, 6.45) is 0. The Hall–Kier alpha value is -0.430. The van der Waals surface area contributed by atoms with Gasteiger partial charge >= 0.3 is 0 Å². The van der Waals surface area contributed by atoms with Crippen LogP contribution in [0.4, 0.5) is 0 Å². The number of nitrogens with one attached hydrogen (secondary N) is 1. The lowest BCUT2D eigenvalue weighted by atomic mass is 10.3. The predicted octanol–water partition coefficient (Wildman–Crippen LogP) is 1.12. The molecule has 0 saturated carbocycles. The zero-order chi connectivity index (χ0) is 12.0. The second-order valence-corrected chi connectivity index (χ2v) is 6.53. The first-order valence-corrected chi connectivity index (χ1v) is 7.77. The third kappa shape index (κ3) is 4.21. The van der Waals surface area contributed by atoms with Gasteiger partial charge in [0, 0.05) is 20.1 Å². The average Bonchev–Trinajstić information content (AvgIpc) is 2.70. The molecule has 1 N–H and O–H groups in total. The van der Waals surface area contributed by atoms with Gasteiger partial charge in [0.05, 0.1) is 5.75 Å². The Morgan fingerprint density at radius 2 is 2.25 bits per heavy atom. The average molecular weight is 262 g/mol. The highest BCUT2D eigenvalue weighted by Crippen LogP contribution is 2.10. The van der Waals surface area contributed by atoms with Crippen molar-refractivity contribution in [2.75, 3.05) is 25.9 Å². The van der Waals surface area contributed by atoms with Gasteiger partial charge in [0.25, 0.3) is 0 Å². The quantitative estimate of drug-likeness (QED) is 0.749. The molecule has 0 aromatic carbocycles.